The molecule has 0 unspecified atom stereocenters. The fraction of sp³-hybridized carbons (Fsp3) is 0.353. The lowest BCUT2D eigenvalue weighted by atomic mass is 9.78. The van der Waals surface area contributed by atoms with Gasteiger partial charge < -0.3 is 4.74 Å². The Bertz CT molecular complexity index is 1170. The first kappa shape index (κ1) is 26.9. The summed E-state index contributed by atoms with van der Waals surface area (Å²) in [5.41, 5.74) is 5.67. The van der Waals surface area contributed by atoms with Crippen molar-refractivity contribution < 1.29 is 13.5 Å². The molecule has 194 valence electrons. The van der Waals surface area contributed by atoms with Crippen molar-refractivity contribution in [2.24, 2.45) is 5.92 Å². The highest BCUT2D eigenvalue weighted by atomic mass is 19.2. The van der Waals surface area contributed by atoms with E-state index in [1.165, 1.54) is 22.3 Å². The standard InChI is InChI=1S/C34H38F2O/c1-3-5-8-25-11-17-28(18-12-25)29-19-13-26(14-20-29)9-6-7-10-27-15-21-30(22-16-27)31-23-24-32(37-4-2)34(36)33(31)35/h3,7,10-14,17-20,23-24,27,30H,1,4-6,8-9,15-16,21-22H2,2H3. The van der Waals surface area contributed by atoms with Crippen molar-refractivity contribution in [3.05, 3.63) is 114 Å². The van der Waals surface area contributed by atoms with Gasteiger partial charge >= 0.3 is 0 Å². The minimum absolute atomic E-state index is 0.00331. The Morgan fingerprint density at radius 1 is 0.784 bits per heavy atom. The first-order valence-corrected chi connectivity index (χ1v) is 13.7. The zero-order valence-electron chi connectivity index (χ0n) is 21.9. The second kappa shape index (κ2) is 13.4. The van der Waals surface area contributed by atoms with E-state index in [0.717, 1.165) is 51.4 Å². The summed E-state index contributed by atoms with van der Waals surface area (Å²) >= 11 is 0. The molecule has 0 aliphatic heterocycles. The lowest BCUT2D eigenvalue weighted by Crippen LogP contribution is -2.14. The second-order valence-electron chi connectivity index (χ2n) is 10.0. The molecule has 4 rings (SSSR count). The molecule has 0 saturated heterocycles. The lowest BCUT2D eigenvalue weighted by molar-refractivity contribution is 0.310. The van der Waals surface area contributed by atoms with E-state index >= 15 is 0 Å². The fourth-order valence-electron chi connectivity index (χ4n) is 5.29. The Balaban J connectivity index is 1.22. The summed E-state index contributed by atoms with van der Waals surface area (Å²) < 4.78 is 34.0. The monoisotopic (exact) mass is 500 g/mol. The van der Waals surface area contributed by atoms with Gasteiger partial charge in [0.15, 0.2) is 11.6 Å². The van der Waals surface area contributed by atoms with Crippen LogP contribution in [0.2, 0.25) is 0 Å². The van der Waals surface area contributed by atoms with Gasteiger partial charge in [-0.3, -0.25) is 0 Å². The molecule has 1 nitrogen and oxygen atoms in total. The zero-order chi connectivity index (χ0) is 26.0. The predicted molar refractivity (Wildman–Crippen MR) is 150 cm³/mol. The molecule has 1 aliphatic rings. The number of hydrogen-bond acceptors (Lipinski definition) is 1. The lowest BCUT2D eigenvalue weighted by Gasteiger charge is -2.27. The Kier molecular flexibility index (Phi) is 9.71. The topological polar surface area (TPSA) is 9.23 Å². The van der Waals surface area contributed by atoms with E-state index in [1.807, 2.05) is 6.08 Å². The summed E-state index contributed by atoms with van der Waals surface area (Å²) in [7, 11) is 0. The van der Waals surface area contributed by atoms with Crippen LogP contribution < -0.4 is 4.74 Å². The van der Waals surface area contributed by atoms with Crippen LogP contribution in [-0.2, 0) is 12.8 Å². The van der Waals surface area contributed by atoms with Gasteiger partial charge in [0.05, 0.1) is 6.61 Å². The molecule has 0 aromatic heterocycles. The van der Waals surface area contributed by atoms with E-state index in [-0.39, 0.29) is 11.7 Å². The fourth-order valence-corrected chi connectivity index (χ4v) is 5.29. The number of aryl methyl sites for hydroxylation is 2. The van der Waals surface area contributed by atoms with Gasteiger partial charge in [0, 0.05) is 0 Å². The van der Waals surface area contributed by atoms with E-state index in [2.05, 4.69) is 67.3 Å². The van der Waals surface area contributed by atoms with Crippen LogP contribution in [0.5, 0.6) is 5.75 Å². The average Bonchev–Trinajstić information content (AvgIpc) is 2.94. The Morgan fingerprint density at radius 2 is 1.38 bits per heavy atom. The third-order valence-corrected chi connectivity index (χ3v) is 7.47. The van der Waals surface area contributed by atoms with Crippen LogP contribution in [0.3, 0.4) is 0 Å². The number of halogens is 2. The van der Waals surface area contributed by atoms with Gasteiger partial charge in [0.25, 0.3) is 0 Å². The van der Waals surface area contributed by atoms with Crippen LogP contribution in [0.25, 0.3) is 11.1 Å². The van der Waals surface area contributed by atoms with Gasteiger partial charge in [0.1, 0.15) is 0 Å². The highest BCUT2D eigenvalue weighted by molar-refractivity contribution is 5.64. The normalized spacial score (nSPS) is 17.7. The third-order valence-electron chi connectivity index (χ3n) is 7.47. The molecule has 0 atom stereocenters. The van der Waals surface area contributed by atoms with Crippen molar-refractivity contribution in [1.29, 1.82) is 0 Å². The van der Waals surface area contributed by atoms with Crippen molar-refractivity contribution >= 4 is 0 Å². The first-order chi connectivity index (χ1) is 18.1. The summed E-state index contributed by atoms with van der Waals surface area (Å²) in [5, 5.41) is 0. The zero-order valence-corrected chi connectivity index (χ0v) is 21.9. The number of benzene rings is 3. The quantitative estimate of drug-likeness (QED) is 0.238. The molecule has 0 amide bonds. The summed E-state index contributed by atoms with van der Waals surface area (Å²) in [5.74, 6) is -0.994. The molecule has 37 heavy (non-hydrogen) atoms. The van der Waals surface area contributed by atoms with Crippen LogP contribution in [0, 0.1) is 17.6 Å². The van der Waals surface area contributed by atoms with E-state index in [9.17, 15) is 8.78 Å². The number of rotatable bonds is 11. The van der Waals surface area contributed by atoms with Gasteiger partial charge in [-0.1, -0.05) is 72.8 Å². The molecule has 1 saturated carbocycles. The molecule has 0 spiro atoms. The maximum Gasteiger partial charge on any atom is 0.200 e. The molecule has 0 radical (unpaired) electrons. The van der Waals surface area contributed by atoms with Crippen LogP contribution in [0.15, 0.2) is 85.5 Å². The summed E-state index contributed by atoms with van der Waals surface area (Å²) in [6.45, 7) is 5.88. The number of ether oxygens (including phenoxy) is 1. The van der Waals surface area contributed by atoms with Gasteiger partial charge in [-0.15, -0.1) is 6.58 Å². The molecular formula is C34H38F2O. The predicted octanol–water partition coefficient (Wildman–Crippen LogP) is 9.61. The van der Waals surface area contributed by atoms with Gasteiger partial charge in [-0.25, -0.2) is 4.39 Å². The highest BCUT2D eigenvalue weighted by Gasteiger charge is 2.25. The third kappa shape index (κ3) is 7.19. The summed E-state index contributed by atoms with van der Waals surface area (Å²) in [4.78, 5) is 0. The summed E-state index contributed by atoms with van der Waals surface area (Å²) in [6.07, 6.45) is 14.4. The van der Waals surface area contributed by atoms with Crippen molar-refractivity contribution in [2.45, 2.75) is 64.2 Å². The molecule has 1 aliphatic carbocycles. The highest BCUT2D eigenvalue weighted by Crippen LogP contribution is 2.39. The van der Waals surface area contributed by atoms with Crippen molar-refractivity contribution in [1.82, 2.24) is 0 Å². The van der Waals surface area contributed by atoms with Crippen LogP contribution in [0.4, 0.5) is 8.78 Å². The van der Waals surface area contributed by atoms with Crippen molar-refractivity contribution in [2.75, 3.05) is 6.61 Å². The molecular weight excluding hydrogens is 462 g/mol. The average molecular weight is 501 g/mol. The SMILES string of the molecule is C=CCCc1ccc(-c2ccc(CCC=CC3CCC(c4ccc(OCC)c(F)c4F)CC3)cc2)cc1. The Morgan fingerprint density at radius 3 is 1.95 bits per heavy atom. The Labute approximate surface area is 220 Å². The van der Waals surface area contributed by atoms with Crippen molar-refractivity contribution in [3.8, 4) is 16.9 Å². The van der Waals surface area contributed by atoms with Crippen molar-refractivity contribution in [3.63, 3.8) is 0 Å². The maximum atomic E-state index is 14.6. The molecule has 3 aromatic rings. The van der Waals surface area contributed by atoms with Gasteiger partial charge in [-0.2, -0.15) is 4.39 Å². The second-order valence-corrected chi connectivity index (χ2v) is 10.0. The molecule has 0 N–H and O–H groups in total. The first-order valence-electron chi connectivity index (χ1n) is 13.7. The maximum absolute atomic E-state index is 14.6. The minimum Gasteiger partial charge on any atom is -0.491 e. The molecule has 3 heteroatoms. The van der Waals surface area contributed by atoms with Crippen LogP contribution >= 0.6 is 0 Å². The van der Waals surface area contributed by atoms with Crippen LogP contribution in [-0.4, -0.2) is 6.61 Å². The molecule has 3 aromatic carbocycles. The van der Waals surface area contributed by atoms with E-state index in [4.69, 9.17) is 4.74 Å². The van der Waals surface area contributed by atoms with Gasteiger partial charge in [0.2, 0.25) is 5.82 Å². The molecule has 0 heterocycles. The number of hydrogen-bond donors (Lipinski definition) is 0. The van der Waals surface area contributed by atoms with E-state index in [0.29, 0.717) is 18.1 Å². The largest absolute Gasteiger partial charge is 0.491 e. The molecule has 0 bridgehead atoms. The van der Waals surface area contributed by atoms with E-state index < -0.39 is 11.6 Å². The van der Waals surface area contributed by atoms with Gasteiger partial charge in [-0.05, 0) is 104 Å². The van der Waals surface area contributed by atoms with E-state index in [1.54, 1.807) is 19.1 Å². The Hall–Kier alpha value is -3.20. The summed E-state index contributed by atoms with van der Waals surface area (Å²) in [6, 6.07) is 21.0. The van der Waals surface area contributed by atoms with Crippen LogP contribution in [0.1, 0.15) is 68.1 Å². The smallest absolute Gasteiger partial charge is 0.200 e. The number of allylic oxidation sites excluding steroid dienone is 3. The minimum atomic E-state index is -0.855. The molecule has 1 fully saturated rings.